The molecule has 1 saturated carbocycles. The van der Waals surface area contributed by atoms with Crippen LogP contribution in [0.3, 0.4) is 0 Å². The summed E-state index contributed by atoms with van der Waals surface area (Å²) >= 11 is 0. The summed E-state index contributed by atoms with van der Waals surface area (Å²) in [6.45, 7) is 1.41. The van der Waals surface area contributed by atoms with Crippen LogP contribution in [0.2, 0.25) is 0 Å². The van der Waals surface area contributed by atoms with E-state index >= 15 is 0 Å². The van der Waals surface area contributed by atoms with Crippen molar-refractivity contribution in [2.75, 3.05) is 6.61 Å². The van der Waals surface area contributed by atoms with Crippen molar-refractivity contribution in [2.45, 2.75) is 83.0 Å². The van der Waals surface area contributed by atoms with Crippen molar-refractivity contribution in [3.63, 3.8) is 0 Å². The van der Waals surface area contributed by atoms with Crippen LogP contribution < -0.4 is 5.32 Å². The maximum Gasteiger partial charge on any atom is 0.418 e. The van der Waals surface area contributed by atoms with Gasteiger partial charge in [0.1, 0.15) is 6.04 Å². The van der Waals surface area contributed by atoms with E-state index < -0.39 is 35.2 Å². The summed E-state index contributed by atoms with van der Waals surface area (Å²) in [6.07, 6.45) is 5.20. The zero-order valence-electron chi connectivity index (χ0n) is 20.8. The minimum Gasteiger partial charge on any atom is -0.480 e. The summed E-state index contributed by atoms with van der Waals surface area (Å²) < 4.78 is 45.7. The van der Waals surface area contributed by atoms with E-state index in [1.165, 1.54) is 31.0 Å². The number of amides is 1. The topological polar surface area (TPSA) is 101 Å². The highest BCUT2D eigenvalue weighted by Gasteiger charge is 2.37. The Bertz CT molecular complexity index is 1130. The van der Waals surface area contributed by atoms with Gasteiger partial charge in [-0.3, -0.25) is 14.8 Å². The molecule has 2 N–H and O–H groups in total. The average molecular weight is 520 g/mol. The number of carboxylic acid groups (broad SMARTS) is 1. The molecule has 0 aliphatic heterocycles. The predicted octanol–water partition coefficient (Wildman–Crippen LogP) is 4.68. The Hall–Kier alpha value is -3.01. The van der Waals surface area contributed by atoms with Crippen LogP contribution in [0.15, 0.2) is 24.5 Å². The molecule has 0 saturated heterocycles. The van der Waals surface area contributed by atoms with Gasteiger partial charge in [0.15, 0.2) is 0 Å². The summed E-state index contributed by atoms with van der Waals surface area (Å²) in [7, 11) is 0. The Labute approximate surface area is 213 Å². The van der Waals surface area contributed by atoms with E-state index in [2.05, 4.69) is 22.4 Å². The van der Waals surface area contributed by atoms with Crippen molar-refractivity contribution in [3.8, 4) is 0 Å². The van der Waals surface area contributed by atoms with Crippen molar-refractivity contribution in [3.05, 3.63) is 58.2 Å². The number of carbonyl (C=O) groups excluding carboxylic acids is 1. The number of ether oxygens (including phenoxy) is 1. The number of hydrogen-bond donors (Lipinski definition) is 2. The van der Waals surface area contributed by atoms with E-state index in [1.54, 1.807) is 0 Å². The van der Waals surface area contributed by atoms with Crippen molar-refractivity contribution in [2.24, 2.45) is 5.92 Å². The van der Waals surface area contributed by atoms with Crippen LogP contribution in [0.4, 0.5) is 13.2 Å². The van der Waals surface area contributed by atoms with Gasteiger partial charge in [-0.2, -0.15) is 13.2 Å². The quantitative estimate of drug-likeness (QED) is 0.473. The highest BCUT2D eigenvalue weighted by atomic mass is 19.4. The molecule has 37 heavy (non-hydrogen) atoms. The zero-order chi connectivity index (χ0) is 26.6. The number of nitrogens with one attached hydrogen (secondary N) is 1. The summed E-state index contributed by atoms with van der Waals surface area (Å²) in [5.41, 5.74) is 1.94. The number of aliphatic carboxylic acids is 1. The van der Waals surface area contributed by atoms with E-state index in [9.17, 15) is 27.9 Å². The zero-order valence-corrected chi connectivity index (χ0v) is 20.8. The maximum absolute atomic E-state index is 13.3. The first-order chi connectivity index (χ1) is 17.6. The van der Waals surface area contributed by atoms with Gasteiger partial charge < -0.3 is 15.2 Å². The third-order valence-corrected chi connectivity index (χ3v) is 7.27. The smallest absolute Gasteiger partial charge is 0.418 e. The van der Waals surface area contributed by atoms with E-state index in [4.69, 9.17) is 9.72 Å². The number of aryl methyl sites for hydroxylation is 4. The van der Waals surface area contributed by atoms with Gasteiger partial charge in [0.25, 0.3) is 5.91 Å². The Morgan fingerprint density at radius 2 is 1.95 bits per heavy atom. The number of pyridine rings is 2. The Kier molecular flexibility index (Phi) is 8.46. The van der Waals surface area contributed by atoms with E-state index in [0.717, 1.165) is 50.4 Å². The first kappa shape index (κ1) is 27.0. The van der Waals surface area contributed by atoms with Gasteiger partial charge in [-0.25, -0.2) is 4.79 Å². The summed E-state index contributed by atoms with van der Waals surface area (Å²) in [4.78, 5) is 32.6. The molecule has 1 amide bonds. The lowest BCUT2D eigenvalue weighted by molar-refractivity contribution is -0.140. The predicted molar refractivity (Wildman–Crippen MR) is 129 cm³/mol. The van der Waals surface area contributed by atoms with Crippen molar-refractivity contribution >= 4 is 11.9 Å². The van der Waals surface area contributed by atoms with Crippen LogP contribution in [0.5, 0.6) is 0 Å². The molecular weight excluding hydrogens is 487 g/mol. The van der Waals surface area contributed by atoms with E-state index in [-0.39, 0.29) is 24.7 Å². The number of fused-ring (bicyclic) bond motifs is 1. The lowest BCUT2D eigenvalue weighted by Crippen LogP contribution is -2.43. The molecule has 2 aliphatic carbocycles. The number of rotatable bonds is 10. The molecule has 0 spiro atoms. The van der Waals surface area contributed by atoms with Crippen molar-refractivity contribution in [1.82, 2.24) is 15.3 Å². The molecule has 4 rings (SSSR count). The van der Waals surface area contributed by atoms with Gasteiger partial charge in [-0.1, -0.05) is 6.07 Å². The molecule has 200 valence electrons. The minimum atomic E-state index is -4.79. The van der Waals surface area contributed by atoms with Gasteiger partial charge in [-0.15, -0.1) is 0 Å². The molecule has 0 bridgehead atoms. The molecular formula is C27H32F3N3O4. The minimum absolute atomic E-state index is 0.0128. The van der Waals surface area contributed by atoms with Gasteiger partial charge in [0.2, 0.25) is 0 Å². The monoisotopic (exact) mass is 519 g/mol. The first-order valence-corrected chi connectivity index (χ1v) is 12.8. The standard InChI is InChI=1S/C27H32F3N3O4/c1-16-14-31-15-21(27(28,29)30)24(16)25(34)33-23(26(35)36)10-11-37-20-12-17(13-20)6-8-19-9-7-18-4-2-3-5-22(18)32-19/h7,9,14-15,17,20,23H,2-6,8,10-13H2,1H3,(H,33,34)(H,35,36)/t17?,20?,23-/m0/s1. The van der Waals surface area contributed by atoms with Crippen molar-refractivity contribution in [1.29, 1.82) is 0 Å². The molecule has 1 atom stereocenters. The second-order valence-corrected chi connectivity index (χ2v) is 10.0. The van der Waals surface area contributed by atoms with E-state index in [1.807, 2.05) is 0 Å². The summed E-state index contributed by atoms with van der Waals surface area (Å²) in [6, 6.07) is 2.97. The summed E-state index contributed by atoms with van der Waals surface area (Å²) in [5.74, 6) is -1.91. The number of carboxylic acids is 1. The number of aromatic nitrogens is 2. The fourth-order valence-electron chi connectivity index (χ4n) is 5.09. The Morgan fingerprint density at radius 1 is 1.19 bits per heavy atom. The number of halogens is 3. The van der Waals surface area contributed by atoms with Crippen LogP contribution in [-0.2, 0) is 35.0 Å². The molecule has 1 fully saturated rings. The molecule has 2 aromatic heterocycles. The highest BCUT2D eigenvalue weighted by Crippen LogP contribution is 2.34. The molecule has 2 aromatic rings. The molecule has 2 aliphatic rings. The Balaban J connectivity index is 1.21. The van der Waals surface area contributed by atoms with Gasteiger partial charge in [-0.05, 0) is 81.4 Å². The third-order valence-electron chi connectivity index (χ3n) is 7.27. The normalized spacial score (nSPS) is 20.0. The molecule has 7 nitrogen and oxygen atoms in total. The SMILES string of the molecule is Cc1cncc(C(F)(F)F)c1C(=O)N[C@@H](CCOC1CC(CCc2ccc3c(n2)CCCC3)C1)C(=O)O. The highest BCUT2D eigenvalue weighted by molar-refractivity contribution is 5.99. The number of nitrogens with zero attached hydrogens (tertiary/aromatic N) is 2. The maximum atomic E-state index is 13.3. The molecule has 0 unspecified atom stereocenters. The van der Waals surface area contributed by atoms with Crippen molar-refractivity contribution < 1.29 is 32.6 Å². The fraction of sp³-hybridized carbons (Fsp3) is 0.556. The molecule has 0 radical (unpaired) electrons. The average Bonchev–Trinajstić information content (AvgIpc) is 2.83. The lowest BCUT2D eigenvalue weighted by Gasteiger charge is -2.35. The van der Waals surface area contributed by atoms with Crippen LogP contribution in [0.25, 0.3) is 0 Å². The fourth-order valence-corrected chi connectivity index (χ4v) is 5.09. The summed E-state index contributed by atoms with van der Waals surface area (Å²) in [5, 5.41) is 11.7. The number of alkyl halides is 3. The van der Waals surface area contributed by atoms with Gasteiger partial charge in [0, 0.05) is 36.8 Å². The van der Waals surface area contributed by atoms with Crippen LogP contribution >= 0.6 is 0 Å². The molecule has 10 heteroatoms. The van der Waals surface area contributed by atoms with Crippen LogP contribution in [0.1, 0.15) is 77.0 Å². The lowest BCUT2D eigenvalue weighted by atomic mass is 9.79. The Morgan fingerprint density at radius 3 is 2.68 bits per heavy atom. The second-order valence-electron chi connectivity index (χ2n) is 10.0. The molecule has 0 aromatic carbocycles. The van der Waals surface area contributed by atoms with Gasteiger partial charge in [0.05, 0.1) is 17.2 Å². The van der Waals surface area contributed by atoms with E-state index in [0.29, 0.717) is 12.1 Å². The van der Waals surface area contributed by atoms with Gasteiger partial charge >= 0.3 is 12.1 Å². The number of carbonyl (C=O) groups is 2. The molecule has 2 heterocycles. The van der Waals surface area contributed by atoms with Crippen LogP contribution in [0, 0.1) is 12.8 Å². The van der Waals surface area contributed by atoms with Crippen LogP contribution in [-0.4, -0.2) is 45.7 Å². The first-order valence-electron chi connectivity index (χ1n) is 12.8. The second kappa shape index (κ2) is 11.6. The largest absolute Gasteiger partial charge is 0.480 e. The number of hydrogen-bond acceptors (Lipinski definition) is 5. The third kappa shape index (κ3) is 6.85.